The Morgan fingerprint density at radius 3 is 2.58 bits per heavy atom. The lowest BCUT2D eigenvalue weighted by Crippen LogP contribution is -2.35. The Morgan fingerprint density at radius 2 is 1.83 bits per heavy atom. The number of carbonyl (C=O) groups is 1. The summed E-state index contributed by atoms with van der Waals surface area (Å²) in [5.41, 5.74) is 7.73. The Hall–Kier alpha value is -2.42. The highest BCUT2D eigenvalue weighted by Gasteiger charge is 2.35. The maximum absolute atomic E-state index is 12.8. The van der Waals surface area contributed by atoms with Gasteiger partial charge in [0, 0.05) is 28.8 Å². The number of pyridine rings is 1. The van der Waals surface area contributed by atoms with E-state index in [4.69, 9.17) is 4.98 Å². The number of rotatable bonds is 1. The zero-order valence-electron chi connectivity index (χ0n) is 14.4. The minimum Gasteiger partial charge on any atom is -0.363 e. The minimum absolute atomic E-state index is 0.0861. The van der Waals surface area contributed by atoms with Gasteiger partial charge >= 0.3 is 0 Å². The third-order valence-electron chi connectivity index (χ3n) is 5.43. The van der Waals surface area contributed by atoms with Gasteiger partial charge in [-0.25, -0.2) is 4.98 Å². The molecule has 0 amide bonds. The van der Waals surface area contributed by atoms with Crippen LogP contribution in [0.2, 0.25) is 0 Å². The van der Waals surface area contributed by atoms with Crippen LogP contribution in [0.15, 0.2) is 35.9 Å². The topological polar surface area (TPSA) is 42.0 Å². The molecule has 4 rings (SSSR count). The highest BCUT2D eigenvalue weighted by molar-refractivity contribution is 6.10. The molecule has 0 bridgehead atoms. The quantitative estimate of drug-likeness (QED) is 0.849. The Labute approximate surface area is 142 Å². The molecule has 1 aromatic heterocycles. The molecule has 2 aromatic rings. The van der Waals surface area contributed by atoms with E-state index in [1.807, 2.05) is 18.2 Å². The van der Waals surface area contributed by atoms with Gasteiger partial charge in [0.25, 0.3) is 0 Å². The fraction of sp³-hybridized carbons (Fsp3) is 0.333. The number of carbonyl (C=O) groups excluding carboxylic acids is 1. The van der Waals surface area contributed by atoms with Gasteiger partial charge in [0.2, 0.25) is 0 Å². The number of hydrogen-bond donors (Lipinski definition) is 1. The maximum atomic E-state index is 12.8. The lowest BCUT2D eigenvalue weighted by Gasteiger charge is -2.35. The van der Waals surface area contributed by atoms with Crippen LogP contribution in [0, 0.1) is 20.8 Å². The molecule has 3 nitrogen and oxygen atoms in total. The second kappa shape index (κ2) is 5.59. The number of aromatic nitrogens is 1. The molecule has 1 aromatic carbocycles. The minimum atomic E-state index is 0.0861. The number of hydrogen-bond acceptors (Lipinski definition) is 3. The molecule has 0 radical (unpaired) electrons. The first-order valence-electron chi connectivity index (χ1n) is 8.65. The van der Waals surface area contributed by atoms with Gasteiger partial charge < -0.3 is 5.32 Å². The van der Waals surface area contributed by atoms with E-state index in [9.17, 15) is 4.79 Å². The molecule has 3 heteroatoms. The van der Waals surface area contributed by atoms with E-state index < -0.39 is 0 Å². The zero-order valence-corrected chi connectivity index (χ0v) is 14.4. The van der Waals surface area contributed by atoms with Crippen molar-refractivity contribution in [2.75, 3.05) is 5.32 Å². The van der Waals surface area contributed by atoms with Crippen molar-refractivity contribution in [3.63, 3.8) is 0 Å². The lowest BCUT2D eigenvalue weighted by atomic mass is 9.77. The van der Waals surface area contributed by atoms with Crippen LogP contribution in [0.5, 0.6) is 0 Å². The van der Waals surface area contributed by atoms with Crippen LogP contribution in [-0.2, 0) is 4.79 Å². The number of nitrogens with one attached hydrogen (secondary N) is 1. The van der Waals surface area contributed by atoms with Crippen LogP contribution in [0.4, 0.5) is 5.82 Å². The highest BCUT2D eigenvalue weighted by atomic mass is 16.1. The van der Waals surface area contributed by atoms with Gasteiger partial charge in [0.05, 0.1) is 6.04 Å². The Balaban J connectivity index is 2.08. The molecule has 1 fully saturated rings. The summed E-state index contributed by atoms with van der Waals surface area (Å²) < 4.78 is 0. The second-order valence-corrected chi connectivity index (χ2v) is 6.84. The molecular formula is C21H22N2O. The smallest absolute Gasteiger partial charge is 0.161 e. The Morgan fingerprint density at radius 1 is 1.08 bits per heavy atom. The molecule has 0 spiro atoms. The van der Waals surface area contributed by atoms with Crippen LogP contribution in [-0.4, -0.2) is 16.8 Å². The summed E-state index contributed by atoms with van der Waals surface area (Å²) in [5.74, 6) is 1.21. The van der Waals surface area contributed by atoms with Gasteiger partial charge in [-0.3, -0.25) is 4.79 Å². The molecule has 1 unspecified atom stereocenters. The van der Waals surface area contributed by atoms with Gasteiger partial charge in [-0.1, -0.05) is 30.3 Å². The lowest BCUT2D eigenvalue weighted by molar-refractivity contribution is -0.116. The van der Waals surface area contributed by atoms with Gasteiger partial charge in [-0.2, -0.15) is 0 Å². The van der Waals surface area contributed by atoms with Crippen LogP contribution in [0.25, 0.3) is 5.57 Å². The van der Waals surface area contributed by atoms with Crippen molar-refractivity contribution < 1.29 is 4.79 Å². The number of benzene rings is 1. The van der Waals surface area contributed by atoms with Crippen molar-refractivity contribution in [3.8, 4) is 0 Å². The fourth-order valence-electron chi connectivity index (χ4n) is 3.96. The molecule has 1 atom stereocenters. The normalized spacial score (nSPS) is 19.6. The maximum Gasteiger partial charge on any atom is 0.161 e. The summed E-state index contributed by atoms with van der Waals surface area (Å²) in [6.45, 7) is 6.30. The van der Waals surface area contributed by atoms with E-state index in [0.29, 0.717) is 6.42 Å². The van der Waals surface area contributed by atoms with Crippen molar-refractivity contribution in [1.29, 1.82) is 0 Å². The molecule has 2 aliphatic rings. The fourth-order valence-corrected chi connectivity index (χ4v) is 3.96. The first kappa shape index (κ1) is 15.1. The summed E-state index contributed by atoms with van der Waals surface area (Å²) in [6.07, 6.45) is 2.59. The highest BCUT2D eigenvalue weighted by Crippen LogP contribution is 2.43. The van der Waals surface area contributed by atoms with Gasteiger partial charge in [-0.15, -0.1) is 0 Å². The van der Waals surface area contributed by atoms with Gasteiger partial charge in [0.1, 0.15) is 5.82 Å². The zero-order chi connectivity index (χ0) is 16.8. The molecule has 0 saturated heterocycles. The molecule has 1 saturated carbocycles. The SMILES string of the molecule is Cc1nc2c(c(C)c1C)C(c1ccccc1)=C1C(=O)CCCC1N2. The van der Waals surface area contributed by atoms with E-state index in [1.165, 1.54) is 11.1 Å². The summed E-state index contributed by atoms with van der Waals surface area (Å²) in [7, 11) is 0. The van der Waals surface area contributed by atoms with Crippen molar-refractivity contribution >= 4 is 17.2 Å². The first-order chi connectivity index (χ1) is 11.6. The number of Topliss-reactive ketones (excluding diaryl/α,β-unsaturated/α-hetero) is 1. The predicted molar refractivity (Wildman–Crippen MR) is 97.2 cm³/mol. The van der Waals surface area contributed by atoms with Gasteiger partial charge in [-0.05, 0) is 50.3 Å². The molecule has 1 aliphatic carbocycles. The van der Waals surface area contributed by atoms with Crippen LogP contribution in [0.1, 0.15) is 47.2 Å². The van der Waals surface area contributed by atoms with Crippen LogP contribution >= 0.6 is 0 Å². The number of nitrogens with zero attached hydrogens (tertiary/aromatic N) is 1. The monoisotopic (exact) mass is 318 g/mol. The Kier molecular flexibility index (Phi) is 3.52. The standard InChI is InChI=1S/C21H22N2O/c1-12-13(2)18-19(15-8-5-4-6-9-15)20-16(10-7-11-17(20)24)23-21(18)22-14(12)3/h4-6,8-9,16H,7,10-11H2,1-3H3,(H,22,23). The summed E-state index contributed by atoms with van der Waals surface area (Å²) in [4.78, 5) is 17.6. The largest absolute Gasteiger partial charge is 0.363 e. The molecule has 24 heavy (non-hydrogen) atoms. The number of fused-ring (bicyclic) bond motifs is 2. The van der Waals surface area contributed by atoms with E-state index in [0.717, 1.165) is 46.6 Å². The van der Waals surface area contributed by atoms with Crippen molar-refractivity contribution in [1.82, 2.24) is 4.98 Å². The van der Waals surface area contributed by atoms with Crippen molar-refractivity contribution in [3.05, 3.63) is 63.9 Å². The first-order valence-corrected chi connectivity index (χ1v) is 8.65. The molecule has 1 N–H and O–H groups in total. The van der Waals surface area contributed by atoms with Crippen LogP contribution in [0.3, 0.4) is 0 Å². The second-order valence-electron chi connectivity index (χ2n) is 6.84. The van der Waals surface area contributed by atoms with Gasteiger partial charge in [0.15, 0.2) is 5.78 Å². The third-order valence-corrected chi connectivity index (χ3v) is 5.43. The molecular weight excluding hydrogens is 296 g/mol. The summed E-state index contributed by atoms with van der Waals surface area (Å²) >= 11 is 0. The van der Waals surface area contributed by atoms with Crippen molar-refractivity contribution in [2.24, 2.45) is 0 Å². The van der Waals surface area contributed by atoms with Crippen LogP contribution < -0.4 is 5.32 Å². The molecule has 2 heterocycles. The average Bonchev–Trinajstić information content (AvgIpc) is 2.59. The number of anilines is 1. The predicted octanol–water partition coefficient (Wildman–Crippen LogP) is 4.36. The summed E-state index contributed by atoms with van der Waals surface area (Å²) in [6, 6.07) is 10.4. The summed E-state index contributed by atoms with van der Waals surface area (Å²) in [5, 5.41) is 3.55. The van der Waals surface area contributed by atoms with E-state index in [-0.39, 0.29) is 11.8 Å². The number of aryl methyl sites for hydroxylation is 1. The Bertz CT molecular complexity index is 865. The average molecular weight is 318 g/mol. The van der Waals surface area contributed by atoms with E-state index >= 15 is 0 Å². The van der Waals surface area contributed by atoms with E-state index in [2.05, 4.69) is 38.2 Å². The van der Waals surface area contributed by atoms with E-state index in [1.54, 1.807) is 0 Å². The third kappa shape index (κ3) is 2.19. The number of ketones is 1. The van der Waals surface area contributed by atoms with Crippen molar-refractivity contribution in [2.45, 2.75) is 46.1 Å². The molecule has 1 aliphatic heterocycles. The molecule has 122 valence electrons.